The van der Waals surface area contributed by atoms with Crippen LogP contribution >= 0.6 is 0 Å². The van der Waals surface area contributed by atoms with E-state index in [-0.39, 0.29) is 35.7 Å². The van der Waals surface area contributed by atoms with Crippen molar-refractivity contribution in [1.29, 1.82) is 0 Å². The normalized spacial score (nSPS) is 21.5. The Hall–Kier alpha value is -5.69. The molecule has 0 aliphatic carbocycles. The zero-order chi connectivity index (χ0) is 39.4. The van der Waals surface area contributed by atoms with Gasteiger partial charge in [0.15, 0.2) is 0 Å². The average Bonchev–Trinajstić information content (AvgIpc) is 4.01. The van der Waals surface area contributed by atoms with E-state index in [0.717, 1.165) is 79.7 Å². The number of rotatable bonds is 9. The second-order valence-electron chi connectivity index (χ2n) is 15.6. The molecular formula is C43H49N7O6. The molecule has 2 saturated heterocycles. The van der Waals surface area contributed by atoms with Gasteiger partial charge in [-0.2, -0.15) is 0 Å². The van der Waals surface area contributed by atoms with E-state index in [9.17, 15) is 14.4 Å². The van der Waals surface area contributed by atoms with Crippen LogP contribution in [-0.4, -0.2) is 87.1 Å². The van der Waals surface area contributed by atoms with Gasteiger partial charge in [-0.05, 0) is 85.0 Å². The number of likely N-dealkylation sites (tertiary alicyclic amines) is 2. The molecule has 56 heavy (non-hydrogen) atoms. The minimum absolute atomic E-state index is 0.0545. The summed E-state index contributed by atoms with van der Waals surface area (Å²) in [6.45, 7) is 13.6. The van der Waals surface area contributed by atoms with Crippen LogP contribution in [0.3, 0.4) is 0 Å². The van der Waals surface area contributed by atoms with Crippen LogP contribution in [0.5, 0.6) is 5.75 Å². The summed E-state index contributed by atoms with van der Waals surface area (Å²) in [5.41, 5.74) is 7.56. The Morgan fingerprint density at radius 3 is 2.64 bits per heavy atom. The lowest BCUT2D eigenvalue weighted by molar-refractivity contribution is -0.136. The highest BCUT2D eigenvalue weighted by molar-refractivity contribution is 6.07. The first kappa shape index (κ1) is 37.2. The third-order valence-electron chi connectivity index (χ3n) is 11.8. The molecule has 0 spiro atoms. The van der Waals surface area contributed by atoms with E-state index >= 15 is 0 Å². The maximum Gasteiger partial charge on any atom is 0.407 e. The fourth-order valence-corrected chi connectivity index (χ4v) is 8.72. The maximum atomic E-state index is 13.5. The first-order valence-electron chi connectivity index (χ1n) is 19.4. The van der Waals surface area contributed by atoms with Crippen LogP contribution in [0.25, 0.3) is 44.2 Å². The molecule has 2 fully saturated rings. The number of nitrogens with zero attached hydrogens (tertiary/aromatic N) is 4. The molecule has 5 aromatic rings. The number of H-pyrrole nitrogens is 2. The van der Waals surface area contributed by atoms with Gasteiger partial charge in [0.2, 0.25) is 11.8 Å². The van der Waals surface area contributed by atoms with Crippen LogP contribution in [0.4, 0.5) is 4.79 Å². The van der Waals surface area contributed by atoms with Gasteiger partial charge in [0.05, 0.1) is 42.7 Å². The van der Waals surface area contributed by atoms with Crippen LogP contribution in [0.15, 0.2) is 60.8 Å². The Bertz CT molecular complexity index is 2370. The number of ether oxygens (including phenoxy) is 3. The Morgan fingerprint density at radius 1 is 1.05 bits per heavy atom. The van der Waals surface area contributed by atoms with Gasteiger partial charge < -0.3 is 39.3 Å². The molecule has 3 amide bonds. The highest BCUT2D eigenvalue weighted by Gasteiger charge is 2.42. The van der Waals surface area contributed by atoms with Crippen LogP contribution < -0.4 is 10.1 Å². The number of aromatic amines is 2. The summed E-state index contributed by atoms with van der Waals surface area (Å²) in [7, 11) is 2.98. The Labute approximate surface area is 325 Å². The maximum absolute atomic E-state index is 13.5. The van der Waals surface area contributed by atoms with Gasteiger partial charge in [0, 0.05) is 42.5 Å². The molecule has 3 aromatic carbocycles. The number of fused-ring (bicyclic) bond motifs is 6. The van der Waals surface area contributed by atoms with Crippen molar-refractivity contribution in [2.45, 2.75) is 77.7 Å². The lowest BCUT2D eigenvalue weighted by Crippen LogP contribution is -2.48. The number of amides is 3. The number of methoxy groups -OCH3 is 2. The summed E-state index contributed by atoms with van der Waals surface area (Å²) in [6, 6.07) is 13.3. The van der Waals surface area contributed by atoms with Crippen molar-refractivity contribution in [3.8, 4) is 28.1 Å². The van der Waals surface area contributed by atoms with Crippen molar-refractivity contribution in [3.63, 3.8) is 0 Å². The molecule has 8 rings (SSSR count). The third-order valence-corrected chi connectivity index (χ3v) is 11.8. The molecule has 0 unspecified atom stereocenters. The second-order valence-corrected chi connectivity index (χ2v) is 15.6. The van der Waals surface area contributed by atoms with Gasteiger partial charge in [-0.1, -0.05) is 38.6 Å². The van der Waals surface area contributed by atoms with E-state index in [0.29, 0.717) is 32.0 Å². The summed E-state index contributed by atoms with van der Waals surface area (Å²) in [4.78, 5) is 59.4. The highest BCUT2D eigenvalue weighted by atomic mass is 16.5. The summed E-state index contributed by atoms with van der Waals surface area (Å²) in [6.07, 6.45) is 3.34. The van der Waals surface area contributed by atoms with E-state index in [4.69, 9.17) is 24.2 Å². The zero-order valence-corrected chi connectivity index (χ0v) is 32.8. The Balaban J connectivity index is 1.07. The number of carbonyl (C=O) groups excluding carboxylic acids is 3. The lowest BCUT2D eigenvalue weighted by atomic mass is 9.92. The monoisotopic (exact) mass is 759 g/mol. The fraction of sp³-hybridized carbons (Fsp3) is 0.419. The molecule has 6 atom stereocenters. The topological polar surface area (TPSA) is 155 Å². The van der Waals surface area contributed by atoms with Crippen molar-refractivity contribution in [3.05, 3.63) is 78.0 Å². The number of alkyl carbamates (subject to hydrolysis) is 1. The lowest BCUT2D eigenvalue weighted by Gasteiger charge is -2.30. The van der Waals surface area contributed by atoms with Gasteiger partial charge in [-0.3, -0.25) is 9.59 Å². The number of hydrogen-bond acceptors (Lipinski definition) is 8. The number of benzene rings is 3. The quantitative estimate of drug-likeness (QED) is 0.133. The van der Waals surface area contributed by atoms with Gasteiger partial charge >= 0.3 is 6.09 Å². The third kappa shape index (κ3) is 6.47. The molecule has 292 valence electrons. The van der Waals surface area contributed by atoms with Crippen molar-refractivity contribution < 1.29 is 28.6 Å². The largest absolute Gasteiger partial charge is 0.488 e. The standard InChI is InChI=1S/C43H49N7O6/c1-8-22(2)41(51)49-19-26(20-54-6)14-35(49)39-46-33-12-10-27-16-32-30-11-9-28(15-29(30)21-56-36(32)17-31(27)37(33)48-39)34-18-44-40(47-34)38-23(3)13-24(4)50(38)42(52)25(5)45-43(53)55-7/h9-12,15-18,22,24-26,35,38H,3,8,13-14,19-21H2,1-2,4-7H3,(H,44,47)(H,45,53)(H,46,48)/t22-,24-,25-,26-,35-,38-/m0/s1. The zero-order valence-electron chi connectivity index (χ0n) is 32.8. The Kier molecular flexibility index (Phi) is 9.81. The molecule has 3 N–H and O–H groups in total. The van der Waals surface area contributed by atoms with Crippen molar-refractivity contribution in [1.82, 2.24) is 35.1 Å². The second kappa shape index (κ2) is 14.8. The van der Waals surface area contributed by atoms with Crippen molar-refractivity contribution in [2.75, 3.05) is 27.4 Å². The van der Waals surface area contributed by atoms with Crippen molar-refractivity contribution >= 4 is 39.7 Å². The summed E-state index contributed by atoms with van der Waals surface area (Å²) in [5, 5.41) is 4.62. The molecule has 2 aromatic heterocycles. The van der Waals surface area contributed by atoms with Crippen LogP contribution in [0.1, 0.15) is 76.3 Å². The molecule has 13 heteroatoms. The minimum Gasteiger partial charge on any atom is -0.488 e. The first-order chi connectivity index (χ1) is 27.0. The molecular weight excluding hydrogens is 711 g/mol. The molecule has 0 saturated carbocycles. The first-order valence-corrected chi connectivity index (χ1v) is 19.4. The minimum atomic E-state index is -0.778. The molecule has 13 nitrogen and oxygen atoms in total. The summed E-state index contributed by atoms with van der Waals surface area (Å²) in [5.74, 6) is 2.34. The van der Waals surface area contributed by atoms with E-state index in [2.05, 4.69) is 64.3 Å². The number of carbonyl (C=O) groups is 3. The fourth-order valence-electron chi connectivity index (χ4n) is 8.72. The average molecular weight is 760 g/mol. The van der Waals surface area contributed by atoms with Crippen LogP contribution in [0.2, 0.25) is 0 Å². The highest BCUT2D eigenvalue weighted by Crippen LogP contribution is 2.44. The number of nitrogens with one attached hydrogen (secondary N) is 3. The predicted octanol–water partition coefficient (Wildman–Crippen LogP) is 7.21. The smallest absolute Gasteiger partial charge is 0.407 e. The molecule has 5 heterocycles. The predicted molar refractivity (Wildman–Crippen MR) is 213 cm³/mol. The summed E-state index contributed by atoms with van der Waals surface area (Å²) >= 11 is 0. The van der Waals surface area contributed by atoms with Gasteiger partial charge in [-0.25, -0.2) is 14.8 Å². The van der Waals surface area contributed by atoms with E-state index in [1.165, 1.54) is 7.11 Å². The molecule has 3 aliphatic heterocycles. The van der Waals surface area contributed by atoms with Crippen LogP contribution in [0, 0.1) is 11.8 Å². The number of hydrogen-bond donors (Lipinski definition) is 3. The summed E-state index contributed by atoms with van der Waals surface area (Å²) < 4.78 is 16.6. The van der Waals surface area contributed by atoms with Gasteiger partial charge in [0.1, 0.15) is 36.1 Å². The van der Waals surface area contributed by atoms with Gasteiger partial charge in [-0.15, -0.1) is 0 Å². The number of imidazole rings is 2. The number of aromatic nitrogens is 4. The van der Waals surface area contributed by atoms with E-state index in [1.807, 2.05) is 25.7 Å². The molecule has 0 bridgehead atoms. The van der Waals surface area contributed by atoms with E-state index < -0.39 is 18.2 Å². The molecule has 0 radical (unpaired) electrons. The van der Waals surface area contributed by atoms with E-state index in [1.54, 1.807) is 25.1 Å². The SMILES string of the molecule is C=C1C[C@H](C)N(C(=O)[C@H](C)NC(=O)OC)[C@@H]1c1ncc(-c2ccc3c(c2)COc2cc4c(ccc5[nH]c([C@@H]6C[C@H](COC)CN6C(=O)[C@@H](C)CC)nc54)cc2-3)[nH]1. The molecule has 3 aliphatic rings. The van der Waals surface area contributed by atoms with Crippen LogP contribution in [-0.2, 0) is 25.7 Å². The van der Waals surface area contributed by atoms with Crippen molar-refractivity contribution in [2.24, 2.45) is 11.8 Å². The Morgan fingerprint density at radius 2 is 1.88 bits per heavy atom. The van der Waals surface area contributed by atoms with Gasteiger partial charge in [0.25, 0.3) is 0 Å².